The summed E-state index contributed by atoms with van der Waals surface area (Å²) in [6.45, 7) is 0.606. The molecule has 0 N–H and O–H groups in total. The summed E-state index contributed by atoms with van der Waals surface area (Å²) in [7, 11) is 0. The predicted molar refractivity (Wildman–Crippen MR) is 66.7 cm³/mol. The Bertz CT molecular complexity index is 687. The first-order valence-electron chi connectivity index (χ1n) is 5.70. The van der Waals surface area contributed by atoms with Crippen molar-refractivity contribution in [2.45, 2.75) is 12.1 Å². The summed E-state index contributed by atoms with van der Waals surface area (Å²) in [5.41, 5.74) is -1.66. The molecule has 0 saturated carbocycles. The second-order valence-electron chi connectivity index (χ2n) is 4.30. The van der Waals surface area contributed by atoms with E-state index in [0.29, 0.717) is 13.2 Å². The molecule has 0 amide bonds. The molecule has 10 heteroatoms. The van der Waals surface area contributed by atoms with Crippen LogP contribution in [0.2, 0.25) is 5.28 Å². The second kappa shape index (κ2) is 5.15. The van der Waals surface area contributed by atoms with E-state index in [1.165, 1.54) is 0 Å². The summed E-state index contributed by atoms with van der Waals surface area (Å²) >= 11 is 6.28. The number of nitrogens with zero attached hydrogens (tertiary/aromatic N) is 3. The van der Waals surface area contributed by atoms with Gasteiger partial charge in [0.25, 0.3) is 0 Å². The van der Waals surface area contributed by atoms with Crippen LogP contribution in [0.25, 0.3) is 10.6 Å². The van der Waals surface area contributed by atoms with Crippen molar-refractivity contribution in [2.24, 2.45) is 0 Å². The molecule has 0 aromatic carbocycles. The third kappa shape index (κ3) is 2.72. The van der Waals surface area contributed by atoms with Gasteiger partial charge >= 0.3 is 6.18 Å². The Morgan fingerprint density at radius 1 is 1.29 bits per heavy atom. The van der Waals surface area contributed by atoms with Gasteiger partial charge in [0.2, 0.25) is 5.28 Å². The Balaban J connectivity index is 2.15. The normalized spacial score (nSPS) is 16.0. The highest BCUT2D eigenvalue weighted by Gasteiger charge is 2.40. The molecule has 4 nitrogen and oxygen atoms in total. The van der Waals surface area contributed by atoms with Gasteiger partial charge in [-0.2, -0.15) is 13.2 Å². The lowest BCUT2D eigenvalue weighted by Crippen LogP contribution is -2.25. The summed E-state index contributed by atoms with van der Waals surface area (Å²) in [6, 6.07) is 0. The maximum Gasteiger partial charge on any atom is 0.434 e. The van der Waals surface area contributed by atoms with Gasteiger partial charge in [-0.3, -0.25) is 0 Å². The van der Waals surface area contributed by atoms with Gasteiger partial charge in [-0.05, 0) is 11.6 Å². The largest absolute Gasteiger partial charge is 0.434 e. The van der Waals surface area contributed by atoms with Crippen LogP contribution in [0.4, 0.5) is 17.6 Å². The first kappa shape index (κ1) is 14.6. The van der Waals surface area contributed by atoms with Crippen LogP contribution in [0, 0.1) is 5.82 Å². The van der Waals surface area contributed by atoms with Gasteiger partial charge in [-0.25, -0.2) is 19.3 Å². The third-order valence-electron chi connectivity index (χ3n) is 2.83. The van der Waals surface area contributed by atoms with Crippen LogP contribution in [-0.4, -0.2) is 28.2 Å². The molecule has 2 aromatic rings. The standard InChI is InChI=1S/C11H6ClF4N3OS/c12-10-17-1-5(13)6(18-10)7-8(11(14,15)16)19-9(21-7)4-2-20-3-4/h1,4H,2-3H2. The molecule has 0 aliphatic carbocycles. The quantitative estimate of drug-likeness (QED) is 0.620. The van der Waals surface area contributed by atoms with E-state index in [4.69, 9.17) is 16.3 Å². The molecule has 1 aliphatic rings. The van der Waals surface area contributed by atoms with E-state index in [-0.39, 0.29) is 16.2 Å². The Morgan fingerprint density at radius 3 is 2.57 bits per heavy atom. The zero-order valence-electron chi connectivity index (χ0n) is 10.1. The predicted octanol–water partition coefficient (Wildman–Crippen LogP) is 3.53. The number of ether oxygens (including phenoxy) is 1. The van der Waals surface area contributed by atoms with Crippen molar-refractivity contribution >= 4 is 22.9 Å². The Hall–Kier alpha value is -1.32. The second-order valence-corrected chi connectivity index (χ2v) is 5.67. The van der Waals surface area contributed by atoms with Gasteiger partial charge in [0.05, 0.1) is 30.2 Å². The van der Waals surface area contributed by atoms with Crippen molar-refractivity contribution in [1.29, 1.82) is 0 Å². The molecule has 1 fully saturated rings. The lowest BCUT2D eigenvalue weighted by molar-refractivity contribution is -0.140. The fourth-order valence-electron chi connectivity index (χ4n) is 1.75. The smallest absolute Gasteiger partial charge is 0.380 e. The minimum Gasteiger partial charge on any atom is -0.380 e. The van der Waals surface area contributed by atoms with Gasteiger partial charge in [0.15, 0.2) is 11.5 Å². The van der Waals surface area contributed by atoms with Crippen molar-refractivity contribution in [3.05, 3.63) is 28.0 Å². The molecular formula is C11H6ClF4N3OS. The zero-order valence-corrected chi connectivity index (χ0v) is 11.7. The molecule has 0 spiro atoms. The van der Waals surface area contributed by atoms with Crippen LogP contribution in [0.5, 0.6) is 0 Å². The minimum atomic E-state index is -4.71. The van der Waals surface area contributed by atoms with E-state index in [9.17, 15) is 17.6 Å². The van der Waals surface area contributed by atoms with E-state index in [2.05, 4.69) is 15.0 Å². The van der Waals surface area contributed by atoms with E-state index < -0.39 is 28.3 Å². The Labute approximate surface area is 124 Å². The molecule has 2 aromatic heterocycles. The maximum atomic E-state index is 13.7. The highest BCUT2D eigenvalue weighted by atomic mass is 35.5. The SMILES string of the molecule is Fc1cnc(Cl)nc1-c1sc(C2COC2)nc1C(F)(F)F. The molecule has 3 heterocycles. The van der Waals surface area contributed by atoms with Crippen molar-refractivity contribution in [2.75, 3.05) is 13.2 Å². The van der Waals surface area contributed by atoms with Crippen molar-refractivity contribution in [1.82, 2.24) is 15.0 Å². The summed E-state index contributed by atoms with van der Waals surface area (Å²) in [6.07, 6.45) is -3.98. The molecule has 1 aliphatic heterocycles. The monoisotopic (exact) mass is 339 g/mol. The van der Waals surface area contributed by atoms with Crippen molar-refractivity contribution < 1.29 is 22.3 Å². The lowest BCUT2D eigenvalue weighted by Gasteiger charge is -2.23. The van der Waals surface area contributed by atoms with Crippen molar-refractivity contribution in [3.63, 3.8) is 0 Å². The highest BCUT2D eigenvalue weighted by molar-refractivity contribution is 7.15. The average Bonchev–Trinajstić information content (AvgIpc) is 2.74. The number of thiazole rings is 1. The number of rotatable bonds is 2. The van der Waals surface area contributed by atoms with Gasteiger partial charge in [-0.15, -0.1) is 11.3 Å². The molecule has 0 bridgehead atoms. The minimum absolute atomic E-state index is 0.203. The summed E-state index contributed by atoms with van der Waals surface area (Å²) in [5, 5.41) is -0.0841. The molecule has 112 valence electrons. The summed E-state index contributed by atoms with van der Waals surface area (Å²) < 4.78 is 57.9. The number of halogens is 5. The van der Waals surface area contributed by atoms with Gasteiger partial charge in [0.1, 0.15) is 10.7 Å². The number of alkyl halides is 3. The van der Waals surface area contributed by atoms with Crippen molar-refractivity contribution in [3.8, 4) is 10.6 Å². The molecule has 3 rings (SSSR count). The molecule has 0 radical (unpaired) electrons. The van der Waals surface area contributed by atoms with Crippen LogP contribution in [0.3, 0.4) is 0 Å². The Kier molecular flexibility index (Phi) is 3.58. The van der Waals surface area contributed by atoms with Gasteiger partial charge in [-0.1, -0.05) is 0 Å². The van der Waals surface area contributed by atoms with Crippen LogP contribution >= 0.6 is 22.9 Å². The van der Waals surface area contributed by atoms with E-state index in [0.717, 1.165) is 17.5 Å². The first-order valence-corrected chi connectivity index (χ1v) is 6.90. The van der Waals surface area contributed by atoms with Crippen LogP contribution < -0.4 is 0 Å². The van der Waals surface area contributed by atoms with Crippen LogP contribution in [0.1, 0.15) is 16.6 Å². The molecule has 0 unspecified atom stereocenters. The molecular weight excluding hydrogens is 334 g/mol. The fourth-order valence-corrected chi connectivity index (χ4v) is 3.03. The molecule has 1 saturated heterocycles. The number of hydrogen-bond donors (Lipinski definition) is 0. The highest BCUT2D eigenvalue weighted by Crippen LogP contribution is 2.43. The van der Waals surface area contributed by atoms with E-state index in [1.54, 1.807) is 0 Å². The van der Waals surface area contributed by atoms with E-state index in [1.807, 2.05) is 0 Å². The van der Waals surface area contributed by atoms with Crippen LogP contribution in [0.15, 0.2) is 6.20 Å². The number of hydrogen-bond acceptors (Lipinski definition) is 5. The summed E-state index contributed by atoms with van der Waals surface area (Å²) in [4.78, 5) is 10.1. The topological polar surface area (TPSA) is 47.9 Å². The molecule has 21 heavy (non-hydrogen) atoms. The zero-order chi connectivity index (χ0) is 15.2. The van der Waals surface area contributed by atoms with E-state index >= 15 is 0 Å². The summed E-state index contributed by atoms with van der Waals surface area (Å²) in [5.74, 6) is -1.19. The van der Waals surface area contributed by atoms with Gasteiger partial charge < -0.3 is 4.74 Å². The fraction of sp³-hybridized carbons (Fsp3) is 0.364. The Morgan fingerprint density at radius 2 is 2.00 bits per heavy atom. The molecule has 0 atom stereocenters. The van der Waals surface area contributed by atoms with Gasteiger partial charge in [0, 0.05) is 0 Å². The third-order valence-corrected chi connectivity index (χ3v) is 4.24. The van der Waals surface area contributed by atoms with Crippen LogP contribution in [-0.2, 0) is 10.9 Å². The number of aromatic nitrogens is 3. The lowest BCUT2D eigenvalue weighted by atomic mass is 10.1. The first-order chi connectivity index (χ1) is 9.86. The maximum absolute atomic E-state index is 13.7. The average molecular weight is 340 g/mol.